The molecule has 1 unspecified atom stereocenters. The van der Waals surface area contributed by atoms with Gasteiger partial charge in [0, 0.05) is 18.2 Å². The number of carboxylic acids is 1. The first kappa shape index (κ1) is 18.3. The first-order chi connectivity index (χ1) is 11.9. The van der Waals surface area contributed by atoms with Crippen molar-refractivity contribution in [2.75, 3.05) is 0 Å². The quantitative estimate of drug-likeness (QED) is 0.748. The van der Waals surface area contributed by atoms with Crippen LogP contribution in [0, 0.1) is 25.2 Å². The molecule has 0 spiro atoms. The Balaban J connectivity index is 2.11. The molecule has 0 aliphatic carbocycles. The fraction of sp³-hybridized carbons (Fsp3) is 0.316. The number of aromatic nitrogens is 2. The highest BCUT2D eigenvalue weighted by Gasteiger charge is 2.17. The van der Waals surface area contributed by atoms with Gasteiger partial charge in [-0.1, -0.05) is 24.3 Å². The zero-order chi connectivity index (χ0) is 18.4. The maximum absolute atomic E-state index is 11.8. The van der Waals surface area contributed by atoms with Crippen LogP contribution in [-0.4, -0.2) is 20.6 Å². The Labute approximate surface area is 145 Å². The maximum Gasteiger partial charge on any atom is 0.328 e. The summed E-state index contributed by atoms with van der Waals surface area (Å²) in [6.07, 6.45) is 8.02. The lowest BCUT2D eigenvalue weighted by Crippen LogP contribution is -2.31. The molecular formula is C19H20N2O4. The van der Waals surface area contributed by atoms with Crippen LogP contribution in [0.5, 0.6) is 0 Å². The third-order valence-corrected chi connectivity index (χ3v) is 4.03. The minimum Gasteiger partial charge on any atom is -0.481 e. The van der Waals surface area contributed by atoms with E-state index in [-0.39, 0.29) is 5.56 Å². The highest BCUT2D eigenvalue weighted by atomic mass is 16.4. The predicted octanol–water partition coefficient (Wildman–Crippen LogP) is 1.55. The lowest BCUT2D eigenvalue weighted by atomic mass is 9.94. The van der Waals surface area contributed by atoms with Crippen molar-refractivity contribution < 1.29 is 9.90 Å². The molecule has 0 fully saturated rings. The molecule has 1 aromatic carbocycles. The van der Waals surface area contributed by atoms with Gasteiger partial charge in [0.1, 0.15) is 0 Å². The number of aromatic amines is 1. The number of aryl methyl sites for hydroxylation is 1. The number of rotatable bonds is 7. The third kappa shape index (κ3) is 4.95. The number of nitrogens with zero attached hydrogens (tertiary/aromatic N) is 1. The van der Waals surface area contributed by atoms with E-state index in [0.717, 1.165) is 11.1 Å². The maximum atomic E-state index is 11.8. The monoisotopic (exact) mass is 340 g/mol. The second kappa shape index (κ2) is 8.15. The molecule has 1 heterocycles. The number of aliphatic carboxylic acids is 1. The summed E-state index contributed by atoms with van der Waals surface area (Å²) in [5, 5.41) is 9.25. The van der Waals surface area contributed by atoms with Crippen molar-refractivity contribution in [3.63, 3.8) is 0 Å². The largest absolute Gasteiger partial charge is 0.481 e. The highest BCUT2D eigenvalue weighted by Crippen LogP contribution is 2.15. The van der Waals surface area contributed by atoms with Gasteiger partial charge in [-0.3, -0.25) is 19.1 Å². The summed E-state index contributed by atoms with van der Waals surface area (Å²) in [5.41, 5.74) is 1.41. The van der Waals surface area contributed by atoms with Crippen LogP contribution >= 0.6 is 0 Å². The van der Waals surface area contributed by atoms with Gasteiger partial charge in [0.15, 0.2) is 0 Å². The number of carboxylic acid groups (broad SMARTS) is 1. The fourth-order valence-electron chi connectivity index (χ4n) is 2.57. The molecule has 6 nitrogen and oxygen atoms in total. The van der Waals surface area contributed by atoms with Crippen LogP contribution < -0.4 is 11.2 Å². The predicted molar refractivity (Wildman–Crippen MR) is 94.5 cm³/mol. The summed E-state index contributed by atoms with van der Waals surface area (Å²) in [7, 11) is 0. The molecule has 1 aromatic heterocycles. The van der Waals surface area contributed by atoms with Crippen LogP contribution in [0.2, 0.25) is 0 Å². The van der Waals surface area contributed by atoms with E-state index in [0.29, 0.717) is 31.4 Å². The molecule has 0 saturated carbocycles. The molecule has 6 heteroatoms. The summed E-state index contributed by atoms with van der Waals surface area (Å²) in [5.74, 6) is 1.11. The van der Waals surface area contributed by atoms with E-state index in [2.05, 4.69) is 10.9 Å². The van der Waals surface area contributed by atoms with Crippen molar-refractivity contribution in [3.8, 4) is 12.3 Å². The van der Waals surface area contributed by atoms with Gasteiger partial charge in [0.25, 0.3) is 5.56 Å². The molecule has 2 rings (SSSR count). The smallest absolute Gasteiger partial charge is 0.328 e. The van der Waals surface area contributed by atoms with Crippen molar-refractivity contribution in [2.24, 2.45) is 5.92 Å². The van der Waals surface area contributed by atoms with E-state index in [1.807, 2.05) is 24.3 Å². The third-order valence-electron chi connectivity index (χ3n) is 4.03. The number of H-pyrrole nitrogens is 1. The summed E-state index contributed by atoms with van der Waals surface area (Å²) in [6.45, 7) is 1.97. The van der Waals surface area contributed by atoms with E-state index in [1.165, 1.54) is 10.8 Å². The van der Waals surface area contributed by atoms with Gasteiger partial charge in [0.05, 0.1) is 12.5 Å². The number of hydrogen-bond acceptors (Lipinski definition) is 3. The first-order valence-corrected chi connectivity index (χ1v) is 7.95. The molecule has 0 saturated heterocycles. The Morgan fingerprint density at radius 3 is 2.52 bits per heavy atom. The number of terminal acetylenes is 1. The van der Waals surface area contributed by atoms with E-state index < -0.39 is 17.6 Å². The van der Waals surface area contributed by atoms with Crippen LogP contribution in [0.4, 0.5) is 0 Å². The van der Waals surface area contributed by atoms with E-state index in [1.54, 1.807) is 6.92 Å². The number of carbonyl (C=O) groups is 1. The molecular weight excluding hydrogens is 320 g/mol. The second-order valence-corrected chi connectivity index (χ2v) is 6.00. The normalized spacial score (nSPS) is 11.7. The Kier molecular flexibility index (Phi) is 5.96. The van der Waals surface area contributed by atoms with Crippen LogP contribution in [0.1, 0.15) is 29.5 Å². The molecule has 1 atom stereocenters. The average Bonchev–Trinajstić information content (AvgIpc) is 2.57. The van der Waals surface area contributed by atoms with Gasteiger partial charge in [-0.25, -0.2) is 4.79 Å². The van der Waals surface area contributed by atoms with Gasteiger partial charge in [-0.15, -0.1) is 12.3 Å². The van der Waals surface area contributed by atoms with Crippen LogP contribution in [0.15, 0.2) is 40.1 Å². The van der Waals surface area contributed by atoms with Gasteiger partial charge < -0.3 is 5.11 Å². The lowest BCUT2D eigenvalue weighted by Gasteiger charge is -2.12. The second-order valence-electron chi connectivity index (χ2n) is 6.00. The molecule has 130 valence electrons. The minimum absolute atomic E-state index is 0.330. The van der Waals surface area contributed by atoms with Crippen molar-refractivity contribution >= 4 is 5.97 Å². The molecule has 2 N–H and O–H groups in total. The molecule has 25 heavy (non-hydrogen) atoms. The Morgan fingerprint density at radius 1 is 1.28 bits per heavy atom. The number of hydrogen-bond donors (Lipinski definition) is 2. The zero-order valence-electron chi connectivity index (χ0n) is 14.0. The number of nitrogens with one attached hydrogen (secondary N) is 1. The van der Waals surface area contributed by atoms with Crippen molar-refractivity contribution in [2.45, 2.75) is 32.7 Å². The van der Waals surface area contributed by atoms with Gasteiger partial charge >= 0.3 is 11.7 Å². The molecule has 0 amide bonds. The minimum atomic E-state index is -0.852. The molecule has 0 aliphatic heterocycles. The van der Waals surface area contributed by atoms with E-state index in [4.69, 9.17) is 6.42 Å². The van der Waals surface area contributed by atoms with Gasteiger partial charge in [-0.05, 0) is 30.9 Å². The molecule has 0 aliphatic rings. The number of benzene rings is 1. The summed E-state index contributed by atoms with van der Waals surface area (Å²) in [6, 6.07) is 7.40. The Hall–Kier alpha value is -3.07. The molecule has 2 aromatic rings. The SMILES string of the molecule is C#CCCC(Cc1ccc(Cn2cc(C)c(=O)[nH]c2=O)cc1)C(=O)O. The van der Waals surface area contributed by atoms with Gasteiger partial charge in [-0.2, -0.15) is 0 Å². The van der Waals surface area contributed by atoms with E-state index >= 15 is 0 Å². The van der Waals surface area contributed by atoms with Crippen molar-refractivity contribution in [1.82, 2.24) is 9.55 Å². The highest BCUT2D eigenvalue weighted by molar-refractivity contribution is 5.70. The van der Waals surface area contributed by atoms with Crippen LogP contribution in [-0.2, 0) is 17.8 Å². The lowest BCUT2D eigenvalue weighted by molar-refractivity contribution is -0.141. The Morgan fingerprint density at radius 2 is 1.92 bits per heavy atom. The standard InChI is InChI=1S/C19H20N2O4/c1-3-4-5-16(18(23)24)10-14-6-8-15(9-7-14)12-21-11-13(2)17(22)20-19(21)25/h1,6-9,11,16H,4-5,10,12H2,2H3,(H,23,24)(H,20,22,25). The first-order valence-electron chi connectivity index (χ1n) is 7.95. The van der Waals surface area contributed by atoms with Crippen LogP contribution in [0.3, 0.4) is 0 Å². The van der Waals surface area contributed by atoms with Gasteiger partial charge in [0.2, 0.25) is 0 Å². The van der Waals surface area contributed by atoms with Crippen molar-refractivity contribution in [1.29, 1.82) is 0 Å². The Bertz CT molecular complexity index is 901. The van der Waals surface area contributed by atoms with Crippen molar-refractivity contribution in [3.05, 3.63) is 68.0 Å². The zero-order valence-corrected chi connectivity index (χ0v) is 14.0. The average molecular weight is 340 g/mol. The molecule has 0 radical (unpaired) electrons. The summed E-state index contributed by atoms with van der Waals surface area (Å²) in [4.78, 5) is 36.7. The summed E-state index contributed by atoms with van der Waals surface area (Å²) >= 11 is 0. The summed E-state index contributed by atoms with van der Waals surface area (Å²) < 4.78 is 1.43. The topological polar surface area (TPSA) is 92.2 Å². The van der Waals surface area contributed by atoms with Crippen LogP contribution in [0.25, 0.3) is 0 Å². The van der Waals surface area contributed by atoms with E-state index in [9.17, 15) is 19.5 Å². The molecule has 0 bridgehead atoms. The fourth-order valence-corrected chi connectivity index (χ4v) is 2.57.